The quantitative estimate of drug-likeness (QED) is 0.257. The summed E-state index contributed by atoms with van der Waals surface area (Å²) < 4.78 is 48.8. The zero-order valence-electron chi connectivity index (χ0n) is 20.8. The summed E-state index contributed by atoms with van der Waals surface area (Å²) in [6, 6.07) is 20.5. The van der Waals surface area contributed by atoms with E-state index in [1.165, 1.54) is 10.5 Å². The van der Waals surface area contributed by atoms with Gasteiger partial charge in [-0.2, -0.15) is 0 Å². The number of amides is 1. The highest BCUT2D eigenvalue weighted by Gasteiger charge is 2.47. The lowest BCUT2D eigenvalue weighted by molar-refractivity contribution is -0.946. The normalized spacial score (nSPS) is 22.6. The van der Waals surface area contributed by atoms with Crippen LogP contribution in [0.2, 0.25) is 0 Å². The zero-order valence-corrected chi connectivity index (χ0v) is 20.8. The molecule has 37 heavy (non-hydrogen) atoms. The average molecular weight is 510 g/mol. The van der Waals surface area contributed by atoms with E-state index in [9.17, 15) is 18.0 Å². The van der Waals surface area contributed by atoms with Gasteiger partial charge < -0.3 is 9.22 Å². The van der Waals surface area contributed by atoms with Crippen LogP contribution in [0, 0.1) is 23.4 Å². The number of carbonyl (C=O) groups is 1. The van der Waals surface area contributed by atoms with Crippen LogP contribution in [0.15, 0.2) is 72.8 Å². The van der Waals surface area contributed by atoms with Gasteiger partial charge in [0.25, 0.3) is 0 Å². The molecule has 0 saturated carbocycles. The molecule has 0 unspecified atom stereocenters. The predicted molar refractivity (Wildman–Crippen MR) is 136 cm³/mol. The van der Waals surface area contributed by atoms with Crippen LogP contribution in [0.3, 0.4) is 0 Å². The molecule has 0 radical (unpaired) electrons. The number of para-hydroxylation sites is 1. The van der Waals surface area contributed by atoms with Crippen molar-refractivity contribution in [3.8, 4) is 0 Å². The highest BCUT2D eigenvalue weighted by molar-refractivity contribution is 5.87. The van der Waals surface area contributed by atoms with Crippen molar-refractivity contribution >= 4 is 11.8 Å². The van der Waals surface area contributed by atoms with E-state index < -0.39 is 23.5 Å². The summed E-state index contributed by atoms with van der Waals surface area (Å²) in [5.41, 5.74) is 1.72. The Bertz CT molecular complexity index is 1210. The number of piperidine rings is 3. The molecule has 0 N–H and O–H groups in total. The summed E-state index contributed by atoms with van der Waals surface area (Å²) in [4.78, 5) is 14.8. The van der Waals surface area contributed by atoms with Gasteiger partial charge in [0.2, 0.25) is 0 Å². The lowest BCUT2D eigenvalue weighted by Crippen LogP contribution is -2.65. The minimum atomic E-state index is -1.26. The maximum Gasteiger partial charge on any atom is 0.415 e. The van der Waals surface area contributed by atoms with Crippen molar-refractivity contribution in [1.29, 1.82) is 0 Å². The van der Waals surface area contributed by atoms with E-state index >= 15 is 0 Å². The molecule has 3 aliphatic rings. The zero-order chi connectivity index (χ0) is 25.8. The second kappa shape index (κ2) is 11.0. The molecule has 0 aromatic heterocycles. The number of halogens is 3. The number of ether oxygens (including phenoxy) is 1. The van der Waals surface area contributed by atoms with Crippen molar-refractivity contribution < 1.29 is 27.2 Å². The number of aryl methyl sites for hydroxylation is 1. The maximum absolute atomic E-state index is 14.5. The highest BCUT2D eigenvalue weighted by atomic mass is 19.2. The van der Waals surface area contributed by atoms with Gasteiger partial charge >= 0.3 is 6.09 Å². The third kappa shape index (κ3) is 5.82. The molecular weight excluding hydrogens is 477 g/mol. The van der Waals surface area contributed by atoms with Gasteiger partial charge in [0, 0.05) is 42.5 Å². The largest absolute Gasteiger partial charge is 0.440 e. The Hall–Kier alpha value is -3.32. The van der Waals surface area contributed by atoms with E-state index in [-0.39, 0.29) is 18.2 Å². The third-order valence-electron chi connectivity index (χ3n) is 7.94. The fourth-order valence-electron chi connectivity index (χ4n) is 5.85. The molecule has 1 atom stereocenters. The van der Waals surface area contributed by atoms with Crippen LogP contribution < -0.4 is 4.90 Å². The molecule has 2 bridgehead atoms. The summed E-state index contributed by atoms with van der Waals surface area (Å²) in [6.07, 6.45) is 3.28. The van der Waals surface area contributed by atoms with Crippen molar-refractivity contribution in [2.45, 2.75) is 38.3 Å². The third-order valence-corrected chi connectivity index (χ3v) is 7.94. The lowest BCUT2D eigenvalue weighted by Gasteiger charge is -2.52. The number of hydrogen-bond acceptors (Lipinski definition) is 2. The number of nitrogens with zero attached hydrogens (tertiary/aromatic N) is 2. The standard InChI is InChI=1S/C30H32F3N2O2/c31-26-19-28(33)27(32)18-24(26)20-34(25-11-5-2-6-12-25)30(36)37-29-21-35(16-13-23(29)14-17-35)15-7-10-22-8-3-1-4-9-22/h1-6,8-9,11-12,18-19,23,29H,7,10,13-17,20-21H2/q+1/t23?,29-,35?/m0/s1. The Balaban J connectivity index is 1.29. The van der Waals surface area contributed by atoms with E-state index in [2.05, 4.69) is 24.3 Å². The molecule has 1 amide bonds. The van der Waals surface area contributed by atoms with Crippen LogP contribution in [-0.4, -0.2) is 42.9 Å². The van der Waals surface area contributed by atoms with Gasteiger partial charge in [-0.3, -0.25) is 4.90 Å². The van der Waals surface area contributed by atoms with Gasteiger partial charge in [-0.1, -0.05) is 48.5 Å². The number of fused-ring (bicyclic) bond motifs is 3. The van der Waals surface area contributed by atoms with Crippen LogP contribution in [0.4, 0.5) is 23.7 Å². The van der Waals surface area contributed by atoms with Gasteiger partial charge in [-0.25, -0.2) is 18.0 Å². The van der Waals surface area contributed by atoms with Gasteiger partial charge in [0.05, 0.1) is 26.2 Å². The van der Waals surface area contributed by atoms with E-state index in [0.717, 1.165) is 62.4 Å². The molecule has 194 valence electrons. The molecule has 3 fully saturated rings. The SMILES string of the molecule is O=C(O[C@H]1C[N+]2(CCCc3ccccc3)CCC1CC2)N(Cc1cc(F)c(F)cc1F)c1ccccc1. The Kier molecular flexibility index (Phi) is 7.51. The molecule has 0 aliphatic carbocycles. The molecule has 3 aliphatic heterocycles. The van der Waals surface area contributed by atoms with Gasteiger partial charge in [-0.05, 0) is 30.2 Å². The van der Waals surface area contributed by atoms with Crippen LogP contribution in [0.25, 0.3) is 0 Å². The van der Waals surface area contributed by atoms with E-state index in [1.54, 1.807) is 24.3 Å². The molecular formula is C30H32F3N2O2+. The summed E-state index contributed by atoms with van der Waals surface area (Å²) >= 11 is 0. The first-order chi connectivity index (χ1) is 17.9. The van der Waals surface area contributed by atoms with Crippen molar-refractivity contribution in [3.63, 3.8) is 0 Å². The fourth-order valence-corrected chi connectivity index (χ4v) is 5.85. The van der Waals surface area contributed by atoms with E-state index in [4.69, 9.17) is 4.74 Å². The Labute approximate surface area is 215 Å². The Morgan fingerprint density at radius 3 is 2.24 bits per heavy atom. The summed E-state index contributed by atoms with van der Waals surface area (Å²) in [5, 5.41) is 0. The second-order valence-corrected chi connectivity index (χ2v) is 10.3. The number of benzene rings is 3. The minimum Gasteiger partial charge on any atom is -0.440 e. The first-order valence-electron chi connectivity index (χ1n) is 13.0. The monoisotopic (exact) mass is 509 g/mol. The van der Waals surface area contributed by atoms with Gasteiger partial charge in [0.1, 0.15) is 12.4 Å². The average Bonchev–Trinajstić information content (AvgIpc) is 2.91. The topological polar surface area (TPSA) is 29.5 Å². The second-order valence-electron chi connectivity index (χ2n) is 10.3. The van der Waals surface area contributed by atoms with Crippen molar-refractivity contribution in [1.82, 2.24) is 0 Å². The predicted octanol–water partition coefficient (Wildman–Crippen LogP) is 6.49. The first-order valence-corrected chi connectivity index (χ1v) is 13.0. The smallest absolute Gasteiger partial charge is 0.415 e. The van der Waals surface area contributed by atoms with Gasteiger partial charge in [0.15, 0.2) is 17.7 Å². The van der Waals surface area contributed by atoms with Crippen LogP contribution in [0.1, 0.15) is 30.4 Å². The number of anilines is 1. The summed E-state index contributed by atoms with van der Waals surface area (Å²) in [5.74, 6) is -3.02. The van der Waals surface area contributed by atoms with Crippen molar-refractivity contribution in [2.75, 3.05) is 31.1 Å². The van der Waals surface area contributed by atoms with Crippen molar-refractivity contribution in [3.05, 3.63) is 101 Å². The molecule has 3 aromatic rings. The fraction of sp³-hybridized carbons (Fsp3) is 0.367. The highest BCUT2D eigenvalue weighted by Crippen LogP contribution is 2.36. The van der Waals surface area contributed by atoms with Gasteiger partial charge in [-0.15, -0.1) is 0 Å². The summed E-state index contributed by atoms with van der Waals surface area (Å²) in [6.45, 7) is 3.73. The number of quaternary nitrogens is 1. The maximum atomic E-state index is 14.5. The van der Waals surface area contributed by atoms with Crippen LogP contribution in [0.5, 0.6) is 0 Å². The lowest BCUT2D eigenvalue weighted by atomic mass is 9.83. The Morgan fingerprint density at radius 2 is 1.54 bits per heavy atom. The number of hydrogen-bond donors (Lipinski definition) is 0. The number of rotatable bonds is 8. The van der Waals surface area contributed by atoms with Crippen LogP contribution >= 0.6 is 0 Å². The minimum absolute atomic E-state index is 0.113. The molecule has 3 heterocycles. The molecule has 4 nitrogen and oxygen atoms in total. The van der Waals surface area contributed by atoms with Crippen molar-refractivity contribution in [2.24, 2.45) is 5.92 Å². The summed E-state index contributed by atoms with van der Waals surface area (Å²) in [7, 11) is 0. The molecule has 7 heteroatoms. The molecule has 3 aromatic carbocycles. The number of carbonyl (C=O) groups excluding carboxylic acids is 1. The molecule has 3 saturated heterocycles. The molecule has 0 spiro atoms. The van der Waals surface area contributed by atoms with E-state index in [1.807, 2.05) is 12.1 Å². The Morgan fingerprint density at radius 1 is 0.892 bits per heavy atom. The van der Waals surface area contributed by atoms with Crippen LogP contribution in [-0.2, 0) is 17.7 Å². The molecule has 6 rings (SSSR count). The first kappa shape index (κ1) is 25.3. The van der Waals surface area contributed by atoms with E-state index in [0.29, 0.717) is 17.7 Å².